The number of amidine groups is 1. The van der Waals surface area contributed by atoms with Gasteiger partial charge in [-0.25, -0.2) is 5.01 Å². The summed E-state index contributed by atoms with van der Waals surface area (Å²) in [4.78, 5) is 4.26. The molecular weight excluding hydrogens is 472 g/mol. The van der Waals surface area contributed by atoms with Crippen LogP contribution in [0.15, 0.2) is 69.1 Å². The maximum atomic E-state index is 13.0. The SMILES string of the molecule is C/C(N)=N/C(=N\S(=O)(=O)N1CCCCC1)N1CCC(c2ccccc2)C(c2ccc(Cl)cc2)=N1. The van der Waals surface area contributed by atoms with Crippen LogP contribution < -0.4 is 5.73 Å². The van der Waals surface area contributed by atoms with E-state index in [4.69, 9.17) is 22.4 Å². The highest BCUT2D eigenvalue weighted by molar-refractivity contribution is 7.87. The molecule has 2 N–H and O–H groups in total. The van der Waals surface area contributed by atoms with Crippen LogP contribution >= 0.6 is 11.6 Å². The van der Waals surface area contributed by atoms with Crippen LogP contribution in [0.3, 0.4) is 0 Å². The van der Waals surface area contributed by atoms with Gasteiger partial charge in [-0.3, -0.25) is 0 Å². The Bertz CT molecular complexity index is 1190. The second kappa shape index (κ2) is 10.7. The number of aliphatic imine (C=N–C) groups is 1. The maximum absolute atomic E-state index is 13.0. The van der Waals surface area contributed by atoms with E-state index in [2.05, 4.69) is 21.5 Å². The predicted octanol–water partition coefficient (Wildman–Crippen LogP) is 4.00. The molecule has 10 heteroatoms. The number of hydrogen-bond donors (Lipinski definition) is 1. The topological polar surface area (TPSA) is 104 Å². The molecule has 4 rings (SSSR count). The Kier molecular flexibility index (Phi) is 7.65. The number of hydrazone groups is 1. The Balaban J connectivity index is 1.76. The third kappa shape index (κ3) is 5.84. The highest BCUT2D eigenvalue weighted by Crippen LogP contribution is 2.30. The van der Waals surface area contributed by atoms with Gasteiger partial charge in [0.15, 0.2) is 0 Å². The molecule has 180 valence electrons. The molecule has 0 spiro atoms. The summed E-state index contributed by atoms with van der Waals surface area (Å²) in [6.07, 6.45) is 3.37. The van der Waals surface area contributed by atoms with Crippen molar-refractivity contribution in [2.24, 2.45) is 20.2 Å². The number of benzene rings is 2. The second-order valence-corrected chi connectivity index (χ2v) is 10.5. The van der Waals surface area contributed by atoms with Crippen LogP contribution in [0.5, 0.6) is 0 Å². The molecule has 2 aliphatic rings. The van der Waals surface area contributed by atoms with E-state index in [1.807, 2.05) is 42.5 Å². The Hall–Kier alpha value is -2.75. The lowest BCUT2D eigenvalue weighted by molar-refractivity contribution is 0.346. The van der Waals surface area contributed by atoms with Gasteiger partial charge in [0.25, 0.3) is 5.96 Å². The lowest BCUT2D eigenvalue weighted by atomic mass is 9.86. The van der Waals surface area contributed by atoms with Gasteiger partial charge < -0.3 is 5.73 Å². The maximum Gasteiger partial charge on any atom is 0.325 e. The van der Waals surface area contributed by atoms with E-state index in [-0.39, 0.29) is 17.7 Å². The number of nitrogens with two attached hydrogens (primary N) is 1. The van der Waals surface area contributed by atoms with Crippen LogP contribution in [-0.2, 0) is 10.2 Å². The molecule has 0 aliphatic carbocycles. The summed E-state index contributed by atoms with van der Waals surface area (Å²) in [6.45, 7) is 2.96. The van der Waals surface area contributed by atoms with Gasteiger partial charge in [-0.15, -0.1) is 4.40 Å². The lowest BCUT2D eigenvalue weighted by Crippen LogP contribution is -2.39. The zero-order chi connectivity index (χ0) is 24.1. The Labute approximate surface area is 206 Å². The first-order valence-corrected chi connectivity index (χ1v) is 13.2. The second-order valence-electron chi connectivity index (χ2n) is 8.45. The van der Waals surface area contributed by atoms with Crippen molar-refractivity contribution >= 4 is 39.3 Å². The first kappa shape index (κ1) is 24.4. The number of hydrogen-bond acceptors (Lipinski definition) is 3. The predicted molar refractivity (Wildman–Crippen MR) is 138 cm³/mol. The molecule has 2 aromatic carbocycles. The largest absolute Gasteiger partial charge is 0.387 e. The molecule has 2 aromatic rings. The van der Waals surface area contributed by atoms with Crippen LogP contribution in [-0.4, -0.2) is 54.9 Å². The van der Waals surface area contributed by atoms with Gasteiger partial charge in [0.2, 0.25) is 0 Å². The third-order valence-corrected chi connectivity index (χ3v) is 7.54. The fraction of sp³-hybridized carbons (Fsp3) is 0.375. The van der Waals surface area contributed by atoms with Crippen LogP contribution in [0.1, 0.15) is 49.7 Å². The van der Waals surface area contributed by atoms with Gasteiger partial charge in [-0.2, -0.15) is 22.8 Å². The van der Waals surface area contributed by atoms with Crippen molar-refractivity contribution < 1.29 is 8.42 Å². The number of guanidine groups is 1. The molecule has 0 bridgehead atoms. The third-order valence-electron chi connectivity index (χ3n) is 5.88. The van der Waals surface area contributed by atoms with Gasteiger partial charge in [-0.05, 0) is 49.4 Å². The monoisotopic (exact) mass is 500 g/mol. The highest BCUT2D eigenvalue weighted by atomic mass is 35.5. The summed E-state index contributed by atoms with van der Waals surface area (Å²) in [5, 5.41) is 7.03. The summed E-state index contributed by atoms with van der Waals surface area (Å²) in [6, 6.07) is 17.6. The van der Waals surface area contributed by atoms with Crippen molar-refractivity contribution in [2.75, 3.05) is 19.6 Å². The van der Waals surface area contributed by atoms with Crippen molar-refractivity contribution in [2.45, 2.75) is 38.5 Å². The Morgan fingerprint density at radius 2 is 1.71 bits per heavy atom. The van der Waals surface area contributed by atoms with Crippen molar-refractivity contribution in [3.05, 3.63) is 70.7 Å². The molecule has 1 unspecified atom stereocenters. The molecule has 0 radical (unpaired) electrons. The molecule has 8 nitrogen and oxygen atoms in total. The average molecular weight is 501 g/mol. The first-order valence-electron chi connectivity index (χ1n) is 11.4. The molecule has 1 saturated heterocycles. The highest BCUT2D eigenvalue weighted by Gasteiger charge is 2.30. The van der Waals surface area contributed by atoms with Crippen LogP contribution in [0, 0.1) is 0 Å². The Morgan fingerprint density at radius 1 is 1.03 bits per heavy atom. The smallest absolute Gasteiger partial charge is 0.325 e. The number of piperidine rings is 1. The Morgan fingerprint density at radius 3 is 2.35 bits per heavy atom. The summed E-state index contributed by atoms with van der Waals surface area (Å²) >= 11 is 6.11. The van der Waals surface area contributed by atoms with Gasteiger partial charge in [0.1, 0.15) is 0 Å². The first-order chi connectivity index (χ1) is 16.3. The number of rotatable bonds is 4. The minimum absolute atomic E-state index is 0.0245. The molecule has 2 heterocycles. The van der Waals surface area contributed by atoms with E-state index < -0.39 is 10.2 Å². The summed E-state index contributed by atoms with van der Waals surface area (Å²) in [5.74, 6) is 0.214. The summed E-state index contributed by atoms with van der Waals surface area (Å²) < 4.78 is 31.5. The van der Waals surface area contributed by atoms with Gasteiger partial charge >= 0.3 is 10.2 Å². The van der Waals surface area contributed by atoms with Crippen LogP contribution in [0.4, 0.5) is 0 Å². The van der Waals surface area contributed by atoms with Gasteiger partial charge in [-0.1, -0.05) is 60.5 Å². The molecule has 1 atom stereocenters. The van der Waals surface area contributed by atoms with E-state index in [1.54, 1.807) is 11.9 Å². The zero-order valence-corrected chi connectivity index (χ0v) is 20.7. The van der Waals surface area contributed by atoms with Crippen molar-refractivity contribution in [3.63, 3.8) is 0 Å². The van der Waals surface area contributed by atoms with Crippen molar-refractivity contribution in [1.82, 2.24) is 9.31 Å². The fourth-order valence-corrected chi connectivity index (χ4v) is 5.51. The van der Waals surface area contributed by atoms with Crippen molar-refractivity contribution in [1.29, 1.82) is 0 Å². The molecular formula is C24H29ClN6O2S. The summed E-state index contributed by atoms with van der Waals surface area (Å²) in [5.41, 5.74) is 8.67. The lowest BCUT2D eigenvalue weighted by Gasteiger charge is -2.31. The van der Waals surface area contributed by atoms with E-state index in [1.165, 1.54) is 4.31 Å². The molecule has 0 aromatic heterocycles. The molecule has 2 aliphatic heterocycles. The van der Waals surface area contributed by atoms with Gasteiger partial charge in [0.05, 0.1) is 11.5 Å². The minimum Gasteiger partial charge on any atom is -0.387 e. The average Bonchev–Trinajstić information content (AvgIpc) is 2.84. The van der Waals surface area contributed by atoms with Gasteiger partial charge in [0, 0.05) is 30.6 Å². The van der Waals surface area contributed by atoms with Crippen LogP contribution in [0.2, 0.25) is 5.02 Å². The minimum atomic E-state index is -3.90. The molecule has 0 amide bonds. The van der Waals surface area contributed by atoms with Crippen LogP contribution in [0.25, 0.3) is 0 Å². The van der Waals surface area contributed by atoms with E-state index in [0.717, 1.165) is 36.1 Å². The number of halogens is 1. The fourth-order valence-electron chi connectivity index (χ4n) is 4.21. The molecule has 1 fully saturated rings. The quantitative estimate of drug-likeness (QED) is 0.506. The molecule has 0 saturated carbocycles. The summed E-state index contributed by atoms with van der Waals surface area (Å²) in [7, 11) is -3.90. The van der Waals surface area contributed by atoms with E-state index >= 15 is 0 Å². The van der Waals surface area contributed by atoms with Crippen molar-refractivity contribution in [3.8, 4) is 0 Å². The van der Waals surface area contributed by atoms with E-state index in [0.29, 0.717) is 31.1 Å². The molecule has 34 heavy (non-hydrogen) atoms. The zero-order valence-electron chi connectivity index (χ0n) is 19.1. The van der Waals surface area contributed by atoms with E-state index in [9.17, 15) is 8.42 Å². The normalized spacial score (nSPS) is 20.8. The standard InChI is InChI=1S/C24H29ClN6O2S/c1-18(26)27-24(29-34(32,33)30-15-6-3-7-16-30)31-17-14-22(19-8-4-2-5-9-19)23(28-31)20-10-12-21(25)13-11-20/h2,4-5,8-13,22H,3,6-7,14-17H2,1H3,(H2,26,27,29). The number of nitrogens with zero attached hydrogens (tertiary/aromatic N) is 5.